The number of hydrogen-bond donors (Lipinski definition) is 1. The number of halogens is 1. The van der Waals surface area contributed by atoms with E-state index in [1.165, 1.54) is 30.9 Å². The zero-order valence-electron chi connectivity index (χ0n) is 23.2. The van der Waals surface area contributed by atoms with Crippen LogP contribution in [0, 0.1) is 5.92 Å². The topological polar surface area (TPSA) is 139 Å². The standard InChI is InChI=1S/C30H26ClN3O8/c1-14-11-19-17(25(35)30(14)26(36)22-20(40-3)13-21(41-4)23(31)24(22)42-30)12-18-27(32-19)34(29(38)33-28(18)37)10-9-15-5-7-16(39-2)8-6-15/h5-8,12-14H,9-11H2,1-4H3,(H,33,37,38). The second kappa shape index (κ2) is 10.0. The lowest BCUT2D eigenvalue weighted by atomic mass is 9.71. The molecule has 12 heteroatoms. The van der Waals surface area contributed by atoms with Gasteiger partial charge < -0.3 is 18.9 Å². The van der Waals surface area contributed by atoms with Crippen molar-refractivity contribution < 1.29 is 28.5 Å². The lowest BCUT2D eigenvalue weighted by molar-refractivity contribution is 0.0257. The molecule has 6 rings (SSSR count). The van der Waals surface area contributed by atoms with E-state index < -0.39 is 34.3 Å². The van der Waals surface area contributed by atoms with Crippen LogP contribution in [0.1, 0.15) is 38.9 Å². The van der Waals surface area contributed by atoms with Crippen LogP contribution in [0.4, 0.5) is 0 Å². The van der Waals surface area contributed by atoms with Crippen LogP contribution in [0.3, 0.4) is 0 Å². The van der Waals surface area contributed by atoms with Gasteiger partial charge in [0.15, 0.2) is 5.75 Å². The Hall–Kier alpha value is -4.64. The predicted octanol–water partition coefficient (Wildman–Crippen LogP) is 3.40. The van der Waals surface area contributed by atoms with Crippen molar-refractivity contribution in [1.29, 1.82) is 0 Å². The number of carbonyl (C=O) groups excluding carboxylic acids is 2. The van der Waals surface area contributed by atoms with Gasteiger partial charge in [0.1, 0.15) is 33.5 Å². The number of pyridine rings is 1. The molecule has 4 aromatic rings. The minimum absolute atomic E-state index is 0.000447. The van der Waals surface area contributed by atoms with Crippen molar-refractivity contribution >= 4 is 34.2 Å². The molecule has 0 amide bonds. The Bertz CT molecular complexity index is 1910. The van der Waals surface area contributed by atoms with Gasteiger partial charge in [0.2, 0.25) is 17.2 Å². The van der Waals surface area contributed by atoms with Crippen molar-refractivity contribution in [3.63, 3.8) is 0 Å². The van der Waals surface area contributed by atoms with Crippen LogP contribution in [0.2, 0.25) is 5.02 Å². The zero-order chi connectivity index (χ0) is 29.9. The van der Waals surface area contributed by atoms with Crippen LogP contribution in [0.25, 0.3) is 11.0 Å². The summed E-state index contributed by atoms with van der Waals surface area (Å²) in [6.45, 7) is 1.94. The molecule has 0 bridgehead atoms. The van der Waals surface area contributed by atoms with E-state index in [2.05, 4.69) is 9.97 Å². The number of fused-ring (bicyclic) bond motifs is 3. The Morgan fingerprint density at radius 1 is 1.02 bits per heavy atom. The Labute approximate surface area is 244 Å². The van der Waals surface area contributed by atoms with Gasteiger partial charge >= 0.3 is 5.69 Å². The summed E-state index contributed by atoms with van der Waals surface area (Å²) in [6, 6.07) is 10.3. The number of hydrogen-bond acceptors (Lipinski definition) is 9. The number of H-pyrrole nitrogens is 1. The molecule has 2 aromatic carbocycles. The number of nitrogens with one attached hydrogen (secondary N) is 1. The summed E-state index contributed by atoms with van der Waals surface area (Å²) >= 11 is 6.50. The van der Waals surface area contributed by atoms with Crippen molar-refractivity contribution in [3.8, 4) is 23.0 Å². The van der Waals surface area contributed by atoms with Crippen LogP contribution >= 0.6 is 11.6 Å². The number of ketones is 2. The molecule has 216 valence electrons. The number of aromatic amines is 1. The van der Waals surface area contributed by atoms with Crippen molar-refractivity contribution in [2.75, 3.05) is 21.3 Å². The van der Waals surface area contributed by atoms with E-state index in [1.807, 2.05) is 24.3 Å². The molecule has 2 atom stereocenters. The van der Waals surface area contributed by atoms with Gasteiger partial charge in [-0.2, -0.15) is 0 Å². The third-order valence-corrected chi connectivity index (χ3v) is 8.38. The van der Waals surface area contributed by atoms with Gasteiger partial charge in [-0.1, -0.05) is 30.7 Å². The number of aromatic nitrogens is 3. The molecule has 2 aromatic heterocycles. The Morgan fingerprint density at radius 3 is 2.40 bits per heavy atom. The first-order valence-corrected chi connectivity index (χ1v) is 13.5. The molecule has 3 heterocycles. The smallest absolute Gasteiger partial charge is 0.330 e. The number of Topliss-reactive ketones (excluding diaryl/α,β-unsaturated/α-hetero) is 2. The van der Waals surface area contributed by atoms with E-state index in [4.69, 9.17) is 30.5 Å². The Morgan fingerprint density at radius 2 is 1.74 bits per heavy atom. The fourth-order valence-electron chi connectivity index (χ4n) is 5.77. The predicted molar refractivity (Wildman–Crippen MR) is 153 cm³/mol. The van der Waals surface area contributed by atoms with E-state index in [1.54, 1.807) is 14.0 Å². The maximum absolute atomic E-state index is 14.2. The lowest BCUT2D eigenvalue weighted by Gasteiger charge is -2.36. The molecule has 1 spiro atoms. The molecule has 0 radical (unpaired) electrons. The molecule has 2 unspecified atom stereocenters. The third kappa shape index (κ3) is 3.91. The molecule has 1 aliphatic heterocycles. The highest BCUT2D eigenvalue weighted by Gasteiger charge is 2.62. The largest absolute Gasteiger partial charge is 0.497 e. The number of methoxy groups -OCH3 is 3. The summed E-state index contributed by atoms with van der Waals surface area (Å²) < 4.78 is 23.5. The lowest BCUT2D eigenvalue weighted by Crippen LogP contribution is -2.57. The number of nitrogens with zero attached hydrogens (tertiary/aromatic N) is 2. The second-order valence-electron chi connectivity index (χ2n) is 10.3. The molecule has 0 saturated carbocycles. The van der Waals surface area contributed by atoms with Crippen LogP contribution < -0.4 is 30.2 Å². The van der Waals surface area contributed by atoms with Crippen LogP contribution in [0.5, 0.6) is 23.0 Å². The van der Waals surface area contributed by atoms with Gasteiger partial charge in [-0.05, 0) is 36.6 Å². The zero-order valence-corrected chi connectivity index (χ0v) is 24.0. The molecule has 1 aliphatic carbocycles. The van der Waals surface area contributed by atoms with Crippen LogP contribution in [0.15, 0.2) is 46.0 Å². The molecule has 0 fully saturated rings. The molecule has 11 nitrogen and oxygen atoms in total. The summed E-state index contributed by atoms with van der Waals surface area (Å²) in [5.41, 5.74) is -1.67. The molecule has 2 aliphatic rings. The van der Waals surface area contributed by atoms with Gasteiger partial charge in [0.05, 0.1) is 32.4 Å². The highest BCUT2D eigenvalue weighted by molar-refractivity contribution is 6.36. The average molecular weight is 592 g/mol. The summed E-state index contributed by atoms with van der Waals surface area (Å²) in [5, 5.41) is 0.0830. The summed E-state index contributed by atoms with van der Waals surface area (Å²) in [5.74, 6) is -0.827. The maximum Gasteiger partial charge on any atom is 0.330 e. The van der Waals surface area contributed by atoms with Crippen molar-refractivity contribution in [1.82, 2.24) is 14.5 Å². The monoisotopic (exact) mass is 591 g/mol. The highest BCUT2D eigenvalue weighted by atomic mass is 35.5. The van der Waals surface area contributed by atoms with E-state index in [9.17, 15) is 19.2 Å². The van der Waals surface area contributed by atoms with Gasteiger partial charge in [0, 0.05) is 24.1 Å². The molecular weight excluding hydrogens is 566 g/mol. The van der Waals surface area contributed by atoms with Gasteiger partial charge in [-0.25, -0.2) is 9.78 Å². The minimum atomic E-state index is -1.94. The normalized spacial score (nSPS) is 19.0. The third-order valence-electron chi connectivity index (χ3n) is 8.02. The molecular formula is C30H26ClN3O8. The fourth-order valence-corrected chi connectivity index (χ4v) is 6.03. The fraction of sp³-hybridized carbons (Fsp3) is 0.300. The summed E-state index contributed by atoms with van der Waals surface area (Å²) in [7, 11) is 4.38. The first-order chi connectivity index (χ1) is 20.1. The van der Waals surface area contributed by atoms with Crippen molar-refractivity contribution in [2.45, 2.75) is 31.9 Å². The minimum Gasteiger partial charge on any atom is -0.497 e. The van der Waals surface area contributed by atoms with Crippen molar-refractivity contribution in [2.24, 2.45) is 5.92 Å². The van der Waals surface area contributed by atoms with Gasteiger partial charge in [-0.3, -0.25) is 23.9 Å². The Balaban J connectivity index is 1.44. The van der Waals surface area contributed by atoms with Crippen LogP contribution in [-0.4, -0.2) is 53.0 Å². The molecule has 42 heavy (non-hydrogen) atoms. The average Bonchev–Trinajstić information content (AvgIpc) is 3.30. The number of benzene rings is 2. The molecule has 1 N–H and O–H groups in total. The maximum atomic E-state index is 14.2. The number of ether oxygens (including phenoxy) is 4. The summed E-state index contributed by atoms with van der Waals surface area (Å²) in [4.78, 5) is 60.9. The Kier molecular flexibility index (Phi) is 6.57. The quantitative estimate of drug-likeness (QED) is 0.334. The van der Waals surface area contributed by atoms with E-state index in [0.717, 1.165) is 5.56 Å². The van der Waals surface area contributed by atoms with E-state index in [0.29, 0.717) is 17.9 Å². The van der Waals surface area contributed by atoms with E-state index in [-0.39, 0.29) is 57.4 Å². The first kappa shape index (κ1) is 27.5. The van der Waals surface area contributed by atoms with E-state index >= 15 is 0 Å². The number of aryl methyl sites for hydroxylation is 2. The second-order valence-corrected chi connectivity index (χ2v) is 10.6. The number of rotatable bonds is 6. The number of carbonyl (C=O) groups is 2. The highest BCUT2D eigenvalue weighted by Crippen LogP contribution is 2.53. The molecule has 0 saturated heterocycles. The van der Waals surface area contributed by atoms with Gasteiger partial charge in [0.25, 0.3) is 5.56 Å². The SMILES string of the molecule is COc1ccc(CCn2c(=O)[nH]c(=O)c3cc4c(nc32)CC(C)C2(Oc3c(Cl)c(OC)cc(OC)c3C2=O)C4=O)cc1. The van der Waals surface area contributed by atoms with Gasteiger partial charge in [-0.15, -0.1) is 0 Å². The van der Waals surface area contributed by atoms with Crippen molar-refractivity contribution in [3.05, 3.63) is 84.6 Å². The first-order valence-electron chi connectivity index (χ1n) is 13.2. The van der Waals surface area contributed by atoms with Crippen LogP contribution in [-0.2, 0) is 19.4 Å². The summed E-state index contributed by atoms with van der Waals surface area (Å²) in [6.07, 6.45) is 0.641.